The quantitative estimate of drug-likeness (QED) is 0.805. The Hall–Kier alpha value is -1.81. The highest BCUT2D eigenvalue weighted by molar-refractivity contribution is 5.62. The van der Waals surface area contributed by atoms with Crippen LogP contribution in [0.5, 0.6) is 0 Å². The fraction of sp³-hybridized carbons (Fsp3) is 0.524. The summed E-state index contributed by atoms with van der Waals surface area (Å²) in [4.78, 5) is 11.9. The third-order valence-corrected chi connectivity index (χ3v) is 5.76. The van der Waals surface area contributed by atoms with Crippen molar-refractivity contribution in [3.63, 3.8) is 0 Å². The normalized spacial score (nSPS) is 22.8. The Labute approximate surface area is 149 Å². The number of hydrogen-bond donors (Lipinski definition) is 0. The second-order valence-electron chi connectivity index (χ2n) is 7.43. The summed E-state index contributed by atoms with van der Waals surface area (Å²) in [6, 6.07) is 7.46. The number of aromatic nitrogens is 2. The molecule has 1 saturated heterocycles. The Morgan fingerprint density at radius 3 is 2.64 bits per heavy atom. The van der Waals surface area contributed by atoms with Crippen LogP contribution < -0.4 is 0 Å². The van der Waals surface area contributed by atoms with Gasteiger partial charge in [0.2, 0.25) is 0 Å². The van der Waals surface area contributed by atoms with E-state index in [0.29, 0.717) is 5.92 Å². The van der Waals surface area contributed by atoms with Gasteiger partial charge in [-0.25, -0.2) is 4.39 Å². The molecule has 0 amide bonds. The molecule has 4 heteroatoms. The van der Waals surface area contributed by atoms with E-state index in [-0.39, 0.29) is 5.82 Å². The molecule has 0 bridgehead atoms. The molecule has 0 radical (unpaired) electrons. The van der Waals surface area contributed by atoms with E-state index in [1.807, 2.05) is 6.07 Å². The monoisotopic (exact) mass is 339 g/mol. The largest absolute Gasteiger partial charge is 0.300 e. The van der Waals surface area contributed by atoms with Crippen molar-refractivity contribution in [2.75, 3.05) is 13.1 Å². The number of halogens is 1. The maximum absolute atomic E-state index is 13.7. The first-order valence-electron chi connectivity index (χ1n) is 9.62. The molecule has 3 nitrogen and oxygen atoms in total. The van der Waals surface area contributed by atoms with E-state index < -0.39 is 0 Å². The molecule has 1 aliphatic carbocycles. The number of rotatable bonds is 3. The van der Waals surface area contributed by atoms with Crippen LogP contribution in [-0.2, 0) is 0 Å². The summed E-state index contributed by atoms with van der Waals surface area (Å²) in [6.07, 6.45) is 12.6. The predicted molar refractivity (Wildman–Crippen MR) is 97.8 cm³/mol. The summed E-state index contributed by atoms with van der Waals surface area (Å²) in [5.74, 6) is 0.171. The molecule has 0 spiro atoms. The molecule has 1 aromatic heterocycles. The van der Waals surface area contributed by atoms with Crippen LogP contribution in [0, 0.1) is 5.82 Å². The highest BCUT2D eigenvalue weighted by Gasteiger charge is 2.29. The maximum atomic E-state index is 13.7. The van der Waals surface area contributed by atoms with Crippen LogP contribution in [0.3, 0.4) is 0 Å². The minimum absolute atomic E-state index is 0.221. The molecule has 2 fully saturated rings. The lowest BCUT2D eigenvalue weighted by atomic mass is 9.87. The molecule has 0 N–H and O–H groups in total. The van der Waals surface area contributed by atoms with Crippen LogP contribution in [0.1, 0.15) is 56.6 Å². The van der Waals surface area contributed by atoms with Gasteiger partial charge in [0.15, 0.2) is 0 Å². The molecular weight excluding hydrogens is 313 g/mol. The number of hydrogen-bond acceptors (Lipinski definition) is 3. The predicted octanol–water partition coefficient (Wildman–Crippen LogP) is 4.79. The van der Waals surface area contributed by atoms with Gasteiger partial charge in [0.25, 0.3) is 0 Å². The minimum Gasteiger partial charge on any atom is -0.300 e. The van der Waals surface area contributed by atoms with Crippen LogP contribution >= 0.6 is 0 Å². The molecular formula is C21H26FN3. The first kappa shape index (κ1) is 16.6. The van der Waals surface area contributed by atoms with E-state index >= 15 is 0 Å². The number of likely N-dealkylation sites (tertiary alicyclic amines) is 1. The van der Waals surface area contributed by atoms with E-state index in [4.69, 9.17) is 0 Å². The van der Waals surface area contributed by atoms with Gasteiger partial charge in [-0.1, -0.05) is 31.4 Å². The van der Waals surface area contributed by atoms with E-state index in [1.54, 1.807) is 24.5 Å². The molecule has 1 aliphatic heterocycles. The highest BCUT2D eigenvalue weighted by atomic mass is 19.1. The maximum Gasteiger partial charge on any atom is 0.123 e. The lowest BCUT2D eigenvalue weighted by Gasteiger charge is -2.40. The first-order chi connectivity index (χ1) is 12.3. The molecule has 25 heavy (non-hydrogen) atoms. The van der Waals surface area contributed by atoms with E-state index in [1.165, 1.54) is 51.1 Å². The first-order valence-corrected chi connectivity index (χ1v) is 9.62. The molecule has 2 heterocycles. The van der Waals surface area contributed by atoms with Gasteiger partial charge >= 0.3 is 0 Å². The highest BCUT2D eigenvalue weighted by Crippen LogP contribution is 2.34. The molecule has 1 atom stereocenters. The lowest BCUT2D eigenvalue weighted by molar-refractivity contribution is 0.118. The van der Waals surface area contributed by atoms with Crippen molar-refractivity contribution in [2.24, 2.45) is 0 Å². The number of nitrogens with zero attached hydrogens (tertiary/aromatic N) is 3. The SMILES string of the molecule is Fc1cccc(-c2nccnc2C2CCCN(C3CCCCC3)C2)c1. The van der Waals surface area contributed by atoms with Gasteiger partial charge in [0.05, 0.1) is 11.4 Å². The summed E-state index contributed by atoms with van der Waals surface area (Å²) in [5, 5.41) is 0. The summed E-state index contributed by atoms with van der Waals surface area (Å²) < 4.78 is 13.7. The molecule has 4 rings (SSSR count). The molecule has 2 aliphatic rings. The second-order valence-corrected chi connectivity index (χ2v) is 7.43. The van der Waals surface area contributed by atoms with Gasteiger partial charge in [-0.15, -0.1) is 0 Å². The van der Waals surface area contributed by atoms with Gasteiger partial charge in [-0.3, -0.25) is 14.9 Å². The second kappa shape index (κ2) is 7.61. The Morgan fingerprint density at radius 1 is 0.960 bits per heavy atom. The van der Waals surface area contributed by atoms with Crippen LogP contribution in [0.2, 0.25) is 0 Å². The van der Waals surface area contributed by atoms with E-state index in [9.17, 15) is 4.39 Å². The zero-order valence-electron chi connectivity index (χ0n) is 14.7. The van der Waals surface area contributed by atoms with Crippen molar-refractivity contribution < 1.29 is 4.39 Å². The van der Waals surface area contributed by atoms with Gasteiger partial charge in [-0.05, 0) is 44.4 Å². The molecule has 1 unspecified atom stereocenters. The van der Waals surface area contributed by atoms with Crippen LogP contribution in [0.4, 0.5) is 4.39 Å². The average molecular weight is 339 g/mol. The van der Waals surface area contributed by atoms with Crippen LogP contribution in [0.25, 0.3) is 11.3 Å². The van der Waals surface area contributed by atoms with E-state index in [2.05, 4.69) is 14.9 Å². The van der Waals surface area contributed by atoms with E-state index in [0.717, 1.165) is 36.0 Å². The Bertz CT molecular complexity index is 712. The van der Waals surface area contributed by atoms with Crippen molar-refractivity contribution >= 4 is 0 Å². The topological polar surface area (TPSA) is 29.0 Å². The Balaban J connectivity index is 1.59. The van der Waals surface area contributed by atoms with Gasteiger partial charge < -0.3 is 0 Å². The zero-order chi connectivity index (χ0) is 17.1. The van der Waals surface area contributed by atoms with Crippen molar-refractivity contribution in [3.05, 3.63) is 48.2 Å². The lowest BCUT2D eigenvalue weighted by Crippen LogP contribution is -2.43. The third-order valence-electron chi connectivity index (χ3n) is 5.76. The number of piperidine rings is 1. The fourth-order valence-corrected chi connectivity index (χ4v) is 4.51. The van der Waals surface area contributed by atoms with Crippen molar-refractivity contribution in [1.29, 1.82) is 0 Å². The van der Waals surface area contributed by atoms with Crippen molar-refractivity contribution in [3.8, 4) is 11.3 Å². The summed E-state index contributed by atoms with van der Waals surface area (Å²) >= 11 is 0. The minimum atomic E-state index is -0.221. The molecule has 1 saturated carbocycles. The van der Waals surface area contributed by atoms with Crippen molar-refractivity contribution in [2.45, 2.75) is 56.9 Å². The van der Waals surface area contributed by atoms with Crippen molar-refractivity contribution in [1.82, 2.24) is 14.9 Å². The Morgan fingerprint density at radius 2 is 1.80 bits per heavy atom. The van der Waals surface area contributed by atoms with Crippen LogP contribution in [0.15, 0.2) is 36.7 Å². The number of benzene rings is 1. The molecule has 1 aromatic carbocycles. The van der Waals surface area contributed by atoms with Gasteiger partial charge in [0.1, 0.15) is 5.82 Å². The average Bonchev–Trinajstić information content (AvgIpc) is 2.69. The standard InChI is InChI=1S/C21H26FN3/c22-18-8-4-6-16(14-18)20-21(24-12-11-23-20)17-7-5-13-25(15-17)19-9-2-1-3-10-19/h4,6,8,11-12,14,17,19H,1-3,5,7,9-10,13,15H2. The zero-order valence-corrected chi connectivity index (χ0v) is 14.7. The third kappa shape index (κ3) is 3.74. The van der Waals surface area contributed by atoms with Crippen LogP contribution in [-0.4, -0.2) is 34.0 Å². The summed E-state index contributed by atoms with van der Waals surface area (Å²) in [6.45, 7) is 2.27. The van der Waals surface area contributed by atoms with Gasteiger partial charge in [0, 0.05) is 36.5 Å². The molecule has 132 valence electrons. The molecule has 2 aromatic rings. The fourth-order valence-electron chi connectivity index (χ4n) is 4.51. The smallest absolute Gasteiger partial charge is 0.123 e. The summed E-state index contributed by atoms with van der Waals surface area (Å²) in [5.41, 5.74) is 2.71. The summed E-state index contributed by atoms with van der Waals surface area (Å²) in [7, 11) is 0. The van der Waals surface area contributed by atoms with Gasteiger partial charge in [-0.2, -0.15) is 0 Å². The Kier molecular flexibility index (Phi) is 5.07.